The van der Waals surface area contributed by atoms with E-state index in [0.29, 0.717) is 32.0 Å². The molecule has 1 aromatic carbocycles. The van der Waals surface area contributed by atoms with Crippen molar-refractivity contribution in [1.82, 2.24) is 5.32 Å². The third-order valence-corrected chi connectivity index (χ3v) is 3.02. The number of rotatable bonds is 3. The van der Waals surface area contributed by atoms with Gasteiger partial charge in [-0.25, -0.2) is 8.78 Å². The number of halogens is 4. The Morgan fingerprint density at radius 2 is 1.83 bits per heavy atom. The Balaban J connectivity index is 2.35. The molecule has 0 radical (unpaired) electrons. The lowest BCUT2D eigenvalue weighted by Gasteiger charge is -2.25. The van der Waals surface area contributed by atoms with Gasteiger partial charge in [0.15, 0.2) is 11.6 Å². The van der Waals surface area contributed by atoms with E-state index < -0.39 is 24.0 Å². The summed E-state index contributed by atoms with van der Waals surface area (Å²) in [5.74, 6) is -2.55. The summed E-state index contributed by atoms with van der Waals surface area (Å²) in [6.07, 6.45) is 1.28. The number of hydrogen-bond donors (Lipinski definition) is 1. The number of alkyl halides is 2. The number of nitrogens with one attached hydrogen (secondary N) is 1. The smallest absolute Gasteiger partial charge is 0.387 e. The maximum atomic E-state index is 13.5. The van der Waals surface area contributed by atoms with Crippen LogP contribution in [-0.2, 0) is 0 Å². The first-order valence-electron chi connectivity index (χ1n) is 5.72. The molecule has 0 unspecified atom stereocenters. The second-order valence-electron chi connectivity index (χ2n) is 4.21. The van der Waals surface area contributed by atoms with Crippen molar-refractivity contribution in [2.45, 2.75) is 25.4 Å². The van der Waals surface area contributed by atoms with E-state index in [0.717, 1.165) is 6.07 Å². The van der Waals surface area contributed by atoms with Gasteiger partial charge in [0.05, 0.1) is 0 Å². The Labute approximate surface area is 102 Å². The van der Waals surface area contributed by atoms with Crippen LogP contribution < -0.4 is 10.1 Å². The zero-order chi connectivity index (χ0) is 13.1. The molecule has 1 aliphatic heterocycles. The van der Waals surface area contributed by atoms with Gasteiger partial charge in [-0.3, -0.25) is 0 Å². The van der Waals surface area contributed by atoms with Crippen molar-refractivity contribution in [3.63, 3.8) is 0 Å². The molecular formula is C12H13F4NO. The molecule has 2 nitrogen and oxygen atoms in total. The first kappa shape index (κ1) is 13.1. The predicted molar refractivity (Wildman–Crippen MR) is 57.8 cm³/mol. The van der Waals surface area contributed by atoms with Crippen molar-refractivity contribution in [2.24, 2.45) is 0 Å². The minimum Gasteiger partial charge on any atom is -0.431 e. The largest absolute Gasteiger partial charge is 0.431 e. The molecule has 0 spiro atoms. The third kappa shape index (κ3) is 2.93. The summed E-state index contributed by atoms with van der Waals surface area (Å²) in [5, 5.41) is 3.10. The van der Waals surface area contributed by atoms with E-state index in [1.54, 1.807) is 0 Å². The van der Waals surface area contributed by atoms with Gasteiger partial charge >= 0.3 is 6.61 Å². The number of ether oxygens (including phenoxy) is 1. The predicted octanol–water partition coefficient (Wildman–Crippen LogP) is 3.03. The molecule has 100 valence electrons. The van der Waals surface area contributed by atoms with Gasteiger partial charge in [0.2, 0.25) is 0 Å². The normalized spacial score (nSPS) is 17.2. The van der Waals surface area contributed by atoms with Crippen molar-refractivity contribution >= 4 is 0 Å². The average molecular weight is 263 g/mol. The monoisotopic (exact) mass is 263 g/mol. The highest BCUT2D eigenvalue weighted by Gasteiger charge is 2.24. The van der Waals surface area contributed by atoms with E-state index in [9.17, 15) is 17.6 Å². The van der Waals surface area contributed by atoms with Crippen LogP contribution in [0.5, 0.6) is 5.75 Å². The maximum Gasteiger partial charge on any atom is 0.387 e. The lowest BCUT2D eigenvalue weighted by molar-refractivity contribution is -0.0531. The fourth-order valence-corrected chi connectivity index (χ4v) is 2.23. The Bertz CT molecular complexity index is 419. The molecule has 0 atom stereocenters. The molecular weight excluding hydrogens is 250 g/mol. The molecule has 1 saturated heterocycles. The van der Waals surface area contributed by atoms with Crippen LogP contribution in [0.2, 0.25) is 0 Å². The highest BCUT2D eigenvalue weighted by Crippen LogP contribution is 2.36. The van der Waals surface area contributed by atoms with E-state index in [2.05, 4.69) is 10.1 Å². The summed E-state index contributed by atoms with van der Waals surface area (Å²) in [5.41, 5.74) is 0.189. The third-order valence-electron chi connectivity index (χ3n) is 3.02. The second kappa shape index (κ2) is 5.56. The van der Waals surface area contributed by atoms with Gasteiger partial charge in [-0.15, -0.1) is 0 Å². The molecule has 0 aromatic heterocycles. The zero-order valence-electron chi connectivity index (χ0n) is 9.56. The molecule has 2 rings (SSSR count). The van der Waals surface area contributed by atoms with Crippen molar-refractivity contribution in [3.8, 4) is 5.75 Å². The van der Waals surface area contributed by atoms with E-state index in [-0.39, 0.29) is 11.5 Å². The van der Waals surface area contributed by atoms with Crippen LogP contribution in [0, 0.1) is 11.6 Å². The standard InChI is InChI=1S/C12H13F4NO/c13-8-5-9(7-1-3-17-4-2-7)11(10(14)6-8)18-12(15)16/h5-7,12,17H,1-4H2. The van der Waals surface area contributed by atoms with Gasteiger partial charge in [-0.1, -0.05) is 0 Å². The van der Waals surface area contributed by atoms with Gasteiger partial charge in [0.25, 0.3) is 0 Å². The fraction of sp³-hybridized carbons (Fsp3) is 0.500. The molecule has 6 heteroatoms. The van der Waals surface area contributed by atoms with Gasteiger partial charge in [-0.05, 0) is 37.9 Å². The molecule has 1 N–H and O–H groups in total. The second-order valence-corrected chi connectivity index (χ2v) is 4.21. The molecule has 0 amide bonds. The molecule has 18 heavy (non-hydrogen) atoms. The van der Waals surface area contributed by atoms with Crippen LogP contribution in [0.3, 0.4) is 0 Å². The number of piperidine rings is 1. The van der Waals surface area contributed by atoms with Crippen LogP contribution >= 0.6 is 0 Å². The highest BCUT2D eigenvalue weighted by molar-refractivity contribution is 5.38. The van der Waals surface area contributed by atoms with Gasteiger partial charge in [0, 0.05) is 11.6 Å². The Morgan fingerprint density at radius 3 is 2.44 bits per heavy atom. The summed E-state index contributed by atoms with van der Waals surface area (Å²) in [4.78, 5) is 0. The molecule has 0 saturated carbocycles. The van der Waals surface area contributed by atoms with Crippen molar-refractivity contribution in [1.29, 1.82) is 0 Å². The van der Waals surface area contributed by atoms with Crippen molar-refractivity contribution in [2.75, 3.05) is 13.1 Å². The summed E-state index contributed by atoms with van der Waals surface area (Å²) in [6, 6.07) is 1.64. The van der Waals surface area contributed by atoms with Crippen LogP contribution in [-0.4, -0.2) is 19.7 Å². The zero-order valence-corrected chi connectivity index (χ0v) is 9.56. The van der Waals surface area contributed by atoms with E-state index in [4.69, 9.17) is 0 Å². The van der Waals surface area contributed by atoms with E-state index in [1.807, 2.05) is 0 Å². The topological polar surface area (TPSA) is 21.3 Å². The Hall–Kier alpha value is -1.30. The molecule has 1 fully saturated rings. The first-order valence-corrected chi connectivity index (χ1v) is 5.72. The van der Waals surface area contributed by atoms with E-state index >= 15 is 0 Å². The SMILES string of the molecule is Fc1cc(F)c(OC(F)F)c(C2CCNCC2)c1. The molecule has 0 bridgehead atoms. The first-order chi connectivity index (χ1) is 8.58. The minimum atomic E-state index is -3.12. The van der Waals surface area contributed by atoms with Crippen molar-refractivity contribution in [3.05, 3.63) is 29.3 Å². The quantitative estimate of drug-likeness (QED) is 0.846. The maximum absolute atomic E-state index is 13.5. The average Bonchev–Trinajstić information content (AvgIpc) is 2.33. The van der Waals surface area contributed by atoms with Crippen LogP contribution in [0.25, 0.3) is 0 Å². The fourth-order valence-electron chi connectivity index (χ4n) is 2.23. The summed E-state index contributed by atoms with van der Waals surface area (Å²) in [6.45, 7) is -1.74. The molecule has 1 aliphatic rings. The molecule has 1 aromatic rings. The highest BCUT2D eigenvalue weighted by atomic mass is 19.3. The lowest BCUT2D eigenvalue weighted by Crippen LogP contribution is -2.27. The summed E-state index contributed by atoms with van der Waals surface area (Å²) < 4.78 is 55.4. The van der Waals surface area contributed by atoms with Crippen LogP contribution in [0.4, 0.5) is 17.6 Å². The summed E-state index contributed by atoms with van der Waals surface area (Å²) in [7, 11) is 0. The van der Waals surface area contributed by atoms with Crippen LogP contribution in [0.15, 0.2) is 12.1 Å². The number of hydrogen-bond acceptors (Lipinski definition) is 2. The van der Waals surface area contributed by atoms with E-state index in [1.165, 1.54) is 0 Å². The van der Waals surface area contributed by atoms with Gasteiger partial charge in [-0.2, -0.15) is 8.78 Å². The minimum absolute atomic E-state index is 0.162. The molecule has 0 aliphatic carbocycles. The lowest BCUT2D eigenvalue weighted by atomic mass is 9.89. The number of benzene rings is 1. The van der Waals surface area contributed by atoms with Crippen molar-refractivity contribution < 1.29 is 22.3 Å². The van der Waals surface area contributed by atoms with Gasteiger partial charge < -0.3 is 10.1 Å². The van der Waals surface area contributed by atoms with Gasteiger partial charge in [0.1, 0.15) is 5.82 Å². The Kier molecular flexibility index (Phi) is 4.06. The van der Waals surface area contributed by atoms with Crippen LogP contribution in [0.1, 0.15) is 24.3 Å². The Morgan fingerprint density at radius 1 is 1.17 bits per heavy atom. The summed E-state index contributed by atoms with van der Waals surface area (Å²) >= 11 is 0. The molecule has 1 heterocycles.